The molecule has 42 heavy (non-hydrogen) atoms. The standard InChI is InChI=1S/C35H66N2O5/c1-3-5-7-11-20-32(21-12-8-6-4-2)22-19-31-42-35(41)24-14-10-16-29-37(28-15-9-13-23-34(39)40)33(38)25-30-36-26-17-18-27-36/h32H,3-31H2,1-2H3,(H,39,40). The van der Waals surface area contributed by atoms with Crippen LogP contribution < -0.4 is 0 Å². The first-order chi connectivity index (χ1) is 20.5. The maximum absolute atomic E-state index is 12.9. The summed E-state index contributed by atoms with van der Waals surface area (Å²) in [5.41, 5.74) is 0. The predicted octanol–water partition coefficient (Wildman–Crippen LogP) is 8.39. The first-order valence-electron chi connectivity index (χ1n) is 17.8. The Balaban J connectivity index is 2.26. The summed E-state index contributed by atoms with van der Waals surface area (Å²) in [7, 11) is 0. The average molecular weight is 595 g/mol. The zero-order chi connectivity index (χ0) is 30.7. The second-order valence-corrected chi connectivity index (χ2v) is 12.6. The van der Waals surface area contributed by atoms with E-state index in [0.717, 1.165) is 64.1 Å². The van der Waals surface area contributed by atoms with Crippen molar-refractivity contribution >= 4 is 17.8 Å². The minimum Gasteiger partial charge on any atom is -0.481 e. The van der Waals surface area contributed by atoms with Crippen LogP contribution in [-0.2, 0) is 19.1 Å². The molecule has 246 valence electrons. The van der Waals surface area contributed by atoms with Crippen LogP contribution in [0.5, 0.6) is 0 Å². The van der Waals surface area contributed by atoms with Crippen LogP contribution in [-0.4, -0.2) is 72.1 Å². The average Bonchev–Trinajstić information content (AvgIpc) is 3.50. The van der Waals surface area contributed by atoms with Crippen molar-refractivity contribution in [2.45, 2.75) is 162 Å². The van der Waals surface area contributed by atoms with Gasteiger partial charge >= 0.3 is 11.9 Å². The van der Waals surface area contributed by atoms with Gasteiger partial charge in [-0.1, -0.05) is 90.9 Å². The van der Waals surface area contributed by atoms with Crippen molar-refractivity contribution in [2.24, 2.45) is 5.92 Å². The highest BCUT2D eigenvalue weighted by atomic mass is 16.5. The lowest BCUT2D eigenvalue weighted by Crippen LogP contribution is -2.35. The number of ether oxygens (including phenoxy) is 1. The number of carbonyl (C=O) groups is 3. The van der Waals surface area contributed by atoms with Crippen molar-refractivity contribution in [3.8, 4) is 0 Å². The van der Waals surface area contributed by atoms with E-state index in [9.17, 15) is 14.4 Å². The lowest BCUT2D eigenvalue weighted by molar-refractivity contribution is -0.144. The van der Waals surface area contributed by atoms with E-state index in [1.807, 2.05) is 4.90 Å². The Labute approximate surface area is 258 Å². The Hall–Kier alpha value is -1.63. The fourth-order valence-electron chi connectivity index (χ4n) is 6.07. The summed E-state index contributed by atoms with van der Waals surface area (Å²) < 4.78 is 5.57. The predicted molar refractivity (Wildman–Crippen MR) is 173 cm³/mol. The maximum Gasteiger partial charge on any atom is 0.305 e. The van der Waals surface area contributed by atoms with Gasteiger partial charge in [0.05, 0.1) is 6.61 Å². The first-order valence-corrected chi connectivity index (χ1v) is 17.8. The Morgan fingerprint density at radius 2 is 1.24 bits per heavy atom. The highest BCUT2D eigenvalue weighted by molar-refractivity contribution is 5.76. The van der Waals surface area contributed by atoms with Crippen LogP contribution >= 0.6 is 0 Å². The van der Waals surface area contributed by atoms with Crippen LogP contribution in [0.15, 0.2) is 0 Å². The van der Waals surface area contributed by atoms with Gasteiger partial charge in [0.1, 0.15) is 0 Å². The third-order valence-electron chi connectivity index (χ3n) is 8.77. The number of amides is 1. The molecule has 1 saturated heterocycles. The van der Waals surface area contributed by atoms with Crippen LogP contribution in [0.25, 0.3) is 0 Å². The molecule has 7 nitrogen and oxygen atoms in total. The largest absolute Gasteiger partial charge is 0.481 e. The van der Waals surface area contributed by atoms with Gasteiger partial charge in [-0.3, -0.25) is 14.4 Å². The number of aliphatic carboxylic acids is 1. The molecule has 1 fully saturated rings. The third kappa shape index (κ3) is 22.0. The summed E-state index contributed by atoms with van der Waals surface area (Å²) in [6, 6.07) is 0. The van der Waals surface area contributed by atoms with Gasteiger partial charge in [0.25, 0.3) is 0 Å². The van der Waals surface area contributed by atoms with Gasteiger partial charge in [-0.15, -0.1) is 0 Å². The molecule has 0 saturated carbocycles. The van der Waals surface area contributed by atoms with Crippen molar-refractivity contribution in [2.75, 3.05) is 39.3 Å². The molecular formula is C35H66N2O5. The van der Waals surface area contributed by atoms with E-state index >= 15 is 0 Å². The van der Waals surface area contributed by atoms with E-state index in [0.29, 0.717) is 39.0 Å². The third-order valence-corrected chi connectivity index (χ3v) is 8.77. The number of likely N-dealkylation sites (tertiary alicyclic amines) is 1. The number of carboxylic acids is 1. The van der Waals surface area contributed by atoms with E-state index in [1.165, 1.54) is 83.5 Å². The first kappa shape index (κ1) is 38.4. The molecule has 1 aliphatic heterocycles. The second kappa shape index (κ2) is 27.0. The van der Waals surface area contributed by atoms with Crippen molar-refractivity contribution in [3.05, 3.63) is 0 Å². The van der Waals surface area contributed by atoms with Crippen LogP contribution in [0.3, 0.4) is 0 Å². The molecule has 0 aliphatic carbocycles. The Bertz CT molecular complexity index is 668. The molecule has 1 N–H and O–H groups in total. The smallest absolute Gasteiger partial charge is 0.305 e. The fraction of sp³-hybridized carbons (Fsp3) is 0.914. The number of hydrogen-bond donors (Lipinski definition) is 1. The van der Waals surface area contributed by atoms with E-state index in [4.69, 9.17) is 9.84 Å². The Morgan fingerprint density at radius 1 is 0.690 bits per heavy atom. The van der Waals surface area contributed by atoms with Crippen LogP contribution in [0, 0.1) is 5.92 Å². The molecule has 0 spiro atoms. The highest BCUT2D eigenvalue weighted by Crippen LogP contribution is 2.23. The van der Waals surface area contributed by atoms with Gasteiger partial charge in [-0.2, -0.15) is 0 Å². The van der Waals surface area contributed by atoms with Crippen LogP contribution in [0.2, 0.25) is 0 Å². The van der Waals surface area contributed by atoms with Gasteiger partial charge in [-0.25, -0.2) is 0 Å². The number of esters is 1. The Morgan fingerprint density at radius 3 is 1.81 bits per heavy atom. The quantitative estimate of drug-likeness (QED) is 0.0691. The van der Waals surface area contributed by atoms with Crippen LogP contribution in [0.1, 0.15) is 162 Å². The molecule has 0 atom stereocenters. The van der Waals surface area contributed by atoms with Gasteiger partial charge in [-0.05, 0) is 70.4 Å². The molecule has 0 unspecified atom stereocenters. The Kier molecular flexibility index (Phi) is 24.6. The van der Waals surface area contributed by atoms with Crippen molar-refractivity contribution in [1.82, 2.24) is 9.80 Å². The van der Waals surface area contributed by atoms with Crippen LogP contribution in [0.4, 0.5) is 0 Å². The monoisotopic (exact) mass is 594 g/mol. The molecule has 0 aromatic carbocycles. The summed E-state index contributed by atoms with van der Waals surface area (Å²) in [4.78, 5) is 40.4. The zero-order valence-electron chi connectivity index (χ0n) is 27.6. The normalized spacial score (nSPS) is 13.6. The van der Waals surface area contributed by atoms with Gasteiger partial charge < -0.3 is 19.6 Å². The maximum atomic E-state index is 12.9. The summed E-state index contributed by atoms with van der Waals surface area (Å²) >= 11 is 0. The fourth-order valence-corrected chi connectivity index (χ4v) is 6.07. The topological polar surface area (TPSA) is 87.1 Å². The molecule has 7 heteroatoms. The molecule has 0 radical (unpaired) electrons. The number of hydrogen-bond acceptors (Lipinski definition) is 5. The zero-order valence-corrected chi connectivity index (χ0v) is 27.6. The molecule has 1 rings (SSSR count). The molecule has 0 aromatic rings. The van der Waals surface area contributed by atoms with E-state index < -0.39 is 5.97 Å². The minimum absolute atomic E-state index is 0.0885. The highest BCUT2D eigenvalue weighted by Gasteiger charge is 2.17. The number of carbonyl (C=O) groups excluding carboxylic acids is 2. The van der Waals surface area contributed by atoms with Gasteiger partial charge in [0.15, 0.2) is 0 Å². The van der Waals surface area contributed by atoms with Crippen molar-refractivity contribution < 1.29 is 24.2 Å². The second-order valence-electron chi connectivity index (χ2n) is 12.6. The lowest BCUT2D eigenvalue weighted by atomic mass is 9.91. The SMILES string of the molecule is CCCCCCC(CCCCCC)CCCOC(=O)CCCCCN(CCCCCC(=O)O)C(=O)CCN1CCCC1. The number of carboxylic acid groups (broad SMARTS) is 1. The van der Waals surface area contributed by atoms with E-state index in [2.05, 4.69) is 18.7 Å². The van der Waals surface area contributed by atoms with Gasteiger partial charge in [0, 0.05) is 38.9 Å². The summed E-state index contributed by atoms with van der Waals surface area (Å²) in [6.07, 6.45) is 23.9. The molecule has 1 aliphatic rings. The molecule has 0 bridgehead atoms. The van der Waals surface area contributed by atoms with E-state index in [-0.39, 0.29) is 18.3 Å². The molecule has 1 heterocycles. The lowest BCUT2D eigenvalue weighted by Gasteiger charge is -2.24. The number of nitrogens with zero attached hydrogens (tertiary/aromatic N) is 2. The summed E-state index contributed by atoms with van der Waals surface area (Å²) in [6.45, 7) is 9.50. The number of rotatable bonds is 29. The van der Waals surface area contributed by atoms with Crippen molar-refractivity contribution in [1.29, 1.82) is 0 Å². The van der Waals surface area contributed by atoms with Crippen molar-refractivity contribution in [3.63, 3.8) is 0 Å². The minimum atomic E-state index is -0.758. The summed E-state index contributed by atoms with van der Waals surface area (Å²) in [5.74, 6) is 0.130. The van der Waals surface area contributed by atoms with E-state index in [1.54, 1.807) is 0 Å². The molecule has 0 aromatic heterocycles. The number of unbranched alkanes of at least 4 members (excludes halogenated alkanes) is 10. The molecule has 1 amide bonds. The summed E-state index contributed by atoms with van der Waals surface area (Å²) in [5, 5.41) is 8.86. The molecular weight excluding hydrogens is 528 g/mol. The van der Waals surface area contributed by atoms with Gasteiger partial charge in [0.2, 0.25) is 5.91 Å².